The maximum atomic E-state index is 12.3. The number of benzene rings is 1. The fraction of sp³-hybridized carbons (Fsp3) is 0.467. The average Bonchev–Trinajstić information content (AvgIpc) is 2.60. The predicted octanol–water partition coefficient (Wildman–Crippen LogP) is 1.85. The molecule has 0 unspecified atom stereocenters. The van der Waals surface area contributed by atoms with E-state index in [9.17, 15) is 18.0 Å². The Morgan fingerprint density at radius 3 is 2.59 bits per heavy atom. The molecule has 0 aromatic heterocycles. The zero-order valence-corrected chi connectivity index (χ0v) is 17.8. The number of hydrogen-bond acceptors (Lipinski definition) is 7. The summed E-state index contributed by atoms with van der Waals surface area (Å²) in [5.41, 5.74) is 0.0646. The first-order valence-electron chi connectivity index (χ1n) is 7.80. The van der Waals surface area contributed by atoms with E-state index in [1.165, 1.54) is 46.9 Å². The molecule has 0 atom stereocenters. The number of carbonyl (C=O) groups is 2. The summed E-state index contributed by atoms with van der Waals surface area (Å²) >= 11 is 6.02. The minimum absolute atomic E-state index is 0.0632. The van der Waals surface area contributed by atoms with Crippen LogP contribution in [-0.2, 0) is 19.6 Å². The van der Waals surface area contributed by atoms with Gasteiger partial charge in [-0.3, -0.25) is 9.59 Å². The highest BCUT2D eigenvalue weighted by atomic mass is 35.5. The van der Waals surface area contributed by atoms with Crippen molar-refractivity contribution in [3.8, 4) is 0 Å². The first-order valence-corrected chi connectivity index (χ1v) is 12.2. The van der Waals surface area contributed by atoms with Crippen LogP contribution in [0.1, 0.15) is 16.8 Å². The van der Waals surface area contributed by atoms with E-state index in [4.69, 9.17) is 21.4 Å². The molecule has 0 heterocycles. The van der Waals surface area contributed by atoms with E-state index in [2.05, 4.69) is 10.0 Å². The third-order valence-electron chi connectivity index (χ3n) is 3.04. The van der Waals surface area contributed by atoms with Gasteiger partial charge in [0.05, 0.1) is 28.5 Å². The molecule has 12 heteroatoms. The number of ether oxygens (including phenoxy) is 1. The van der Waals surface area contributed by atoms with Gasteiger partial charge in [0.2, 0.25) is 10.0 Å². The molecule has 0 aliphatic carbocycles. The van der Waals surface area contributed by atoms with Gasteiger partial charge in [0.25, 0.3) is 5.91 Å². The highest BCUT2D eigenvalue weighted by Crippen LogP contribution is 2.22. The van der Waals surface area contributed by atoms with Crippen LogP contribution >= 0.6 is 33.2 Å². The molecule has 0 fully saturated rings. The molecule has 0 aliphatic rings. The van der Waals surface area contributed by atoms with Gasteiger partial charge in [0.1, 0.15) is 0 Å². The third kappa shape index (κ3) is 9.17. The maximum Gasteiger partial charge on any atom is 0.304 e. The molecule has 152 valence electrons. The van der Waals surface area contributed by atoms with Crippen LogP contribution in [0.15, 0.2) is 23.1 Å². The van der Waals surface area contributed by atoms with Crippen LogP contribution in [0.2, 0.25) is 5.02 Å². The molecule has 0 aliphatic heterocycles. The van der Waals surface area contributed by atoms with Crippen LogP contribution in [0.4, 0.5) is 0 Å². The van der Waals surface area contributed by atoms with Gasteiger partial charge in [-0.15, -0.1) is 0 Å². The van der Waals surface area contributed by atoms with Crippen LogP contribution < -0.4 is 10.0 Å². The second-order valence-corrected chi connectivity index (χ2v) is 9.95. The summed E-state index contributed by atoms with van der Waals surface area (Å²) < 4.78 is 31.6. The smallest absolute Gasteiger partial charge is 0.304 e. The van der Waals surface area contributed by atoms with E-state index in [1.807, 2.05) is 0 Å². The Labute approximate surface area is 171 Å². The molecule has 1 rings (SSSR count). The van der Waals surface area contributed by atoms with E-state index >= 15 is 0 Å². The molecule has 3 N–H and O–H groups in total. The van der Waals surface area contributed by atoms with Crippen LogP contribution in [-0.4, -0.2) is 63.7 Å². The van der Waals surface area contributed by atoms with Crippen molar-refractivity contribution in [1.82, 2.24) is 10.0 Å². The maximum absolute atomic E-state index is 12.3. The Kier molecular flexibility index (Phi) is 11.1. The van der Waals surface area contributed by atoms with E-state index in [0.29, 0.717) is 18.1 Å². The largest absolute Gasteiger partial charge is 0.481 e. The van der Waals surface area contributed by atoms with E-state index in [0.717, 1.165) is 0 Å². The van der Waals surface area contributed by atoms with Crippen molar-refractivity contribution in [3.63, 3.8) is 0 Å². The zero-order chi connectivity index (χ0) is 20.3. The lowest BCUT2D eigenvalue weighted by molar-refractivity contribution is -0.136. The summed E-state index contributed by atoms with van der Waals surface area (Å²) in [6.07, 6.45) is 0.0827. The molecular weight excluding hydrogens is 436 g/mol. The Bertz CT molecular complexity index is 745. The van der Waals surface area contributed by atoms with Gasteiger partial charge in [-0.25, -0.2) is 13.1 Å². The molecule has 0 bridgehead atoms. The Morgan fingerprint density at radius 1 is 1.22 bits per heavy atom. The monoisotopic (exact) mass is 456 g/mol. The summed E-state index contributed by atoms with van der Waals surface area (Å²) in [6, 6.07) is 3.91. The molecule has 0 radical (unpaired) electrons. The number of carboxylic acid groups (broad SMARTS) is 1. The van der Waals surface area contributed by atoms with Crippen molar-refractivity contribution < 1.29 is 27.9 Å². The third-order valence-corrected chi connectivity index (χ3v) is 7.24. The second kappa shape index (κ2) is 12.5. The lowest BCUT2D eigenvalue weighted by Gasteiger charge is -2.10. The van der Waals surface area contributed by atoms with Gasteiger partial charge in [-0.2, -0.15) is 0 Å². The summed E-state index contributed by atoms with van der Waals surface area (Å²) in [7, 11) is 0.540. The summed E-state index contributed by atoms with van der Waals surface area (Å²) in [5.74, 6) is -0.275. The molecule has 0 saturated heterocycles. The first kappa shape index (κ1) is 24.1. The van der Waals surface area contributed by atoms with Crippen molar-refractivity contribution in [2.45, 2.75) is 11.3 Å². The molecule has 0 spiro atoms. The molecule has 1 aromatic rings. The Hall–Kier alpha value is -0.980. The molecule has 1 amide bonds. The zero-order valence-electron chi connectivity index (χ0n) is 14.6. The van der Waals surface area contributed by atoms with E-state index in [-0.39, 0.29) is 35.1 Å². The van der Waals surface area contributed by atoms with Gasteiger partial charge >= 0.3 is 5.97 Å². The summed E-state index contributed by atoms with van der Waals surface area (Å²) in [4.78, 5) is 22.6. The number of rotatable bonds is 13. The number of halogens is 1. The van der Waals surface area contributed by atoms with Crippen molar-refractivity contribution in [2.24, 2.45) is 0 Å². The number of amides is 1. The topological polar surface area (TPSA) is 122 Å². The molecule has 0 saturated carbocycles. The van der Waals surface area contributed by atoms with Gasteiger partial charge in [-0.05, 0) is 18.2 Å². The lowest BCUT2D eigenvalue weighted by Crippen LogP contribution is -2.28. The summed E-state index contributed by atoms with van der Waals surface area (Å²) in [5, 5.41) is 11.3. The fourth-order valence-electron chi connectivity index (χ4n) is 1.76. The highest BCUT2D eigenvalue weighted by molar-refractivity contribution is 8.76. The van der Waals surface area contributed by atoms with E-state index in [1.54, 1.807) is 0 Å². The predicted molar refractivity (Wildman–Crippen MR) is 108 cm³/mol. The van der Waals surface area contributed by atoms with Gasteiger partial charge < -0.3 is 15.2 Å². The number of carbonyl (C=O) groups excluding carboxylic acids is 1. The number of nitrogens with one attached hydrogen (secondary N) is 2. The Morgan fingerprint density at radius 2 is 1.93 bits per heavy atom. The van der Waals surface area contributed by atoms with Crippen molar-refractivity contribution in [3.05, 3.63) is 28.8 Å². The number of carboxylic acids is 1. The summed E-state index contributed by atoms with van der Waals surface area (Å²) in [6.45, 7) is 0.672. The van der Waals surface area contributed by atoms with Crippen LogP contribution in [0, 0.1) is 0 Å². The molecule has 8 nitrogen and oxygen atoms in total. The Balaban J connectivity index is 2.58. The van der Waals surface area contributed by atoms with Gasteiger partial charge in [0.15, 0.2) is 0 Å². The number of methoxy groups -OCH3 is 1. The van der Waals surface area contributed by atoms with Crippen LogP contribution in [0.3, 0.4) is 0 Å². The average molecular weight is 457 g/mol. The van der Waals surface area contributed by atoms with E-state index < -0.39 is 21.9 Å². The molecule has 1 aromatic carbocycles. The standard InChI is InChI=1S/C15H21ClN2O6S3/c1-24-7-5-18-27(22,23)11-2-3-13(16)12(10-11)15(21)17-6-9-26-25-8-4-14(19)20/h2-3,10,18H,4-9H2,1H3,(H,17,21)(H,19,20). The van der Waals surface area contributed by atoms with Gasteiger partial charge in [-0.1, -0.05) is 33.2 Å². The number of hydrogen-bond donors (Lipinski definition) is 3. The minimum Gasteiger partial charge on any atom is -0.481 e. The number of sulfonamides is 1. The minimum atomic E-state index is -3.77. The van der Waals surface area contributed by atoms with Crippen LogP contribution in [0.5, 0.6) is 0 Å². The van der Waals surface area contributed by atoms with Crippen molar-refractivity contribution >= 4 is 55.1 Å². The SMILES string of the molecule is COCCNS(=O)(=O)c1ccc(Cl)c(C(=O)NCCSSCCC(=O)O)c1. The quantitative estimate of drug-likeness (QED) is 0.303. The second-order valence-electron chi connectivity index (χ2n) is 5.08. The van der Waals surface area contributed by atoms with Crippen molar-refractivity contribution in [2.75, 3.05) is 38.3 Å². The number of aliphatic carboxylic acids is 1. The normalized spacial score (nSPS) is 11.3. The first-order chi connectivity index (χ1) is 12.8. The van der Waals surface area contributed by atoms with Gasteiger partial charge in [0, 0.05) is 31.7 Å². The fourth-order valence-corrected chi connectivity index (χ4v) is 4.88. The molecular formula is C15H21ClN2O6S3. The van der Waals surface area contributed by atoms with Crippen LogP contribution in [0.25, 0.3) is 0 Å². The van der Waals surface area contributed by atoms with Crippen molar-refractivity contribution in [1.29, 1.82) is 0 Å². The molecule has 27 heavy (non-hydrogen) atoms. The lowest BCUT2D eigenvalue weighted by atomic mass is 10.2. The highest BCUT2D eigenvalue weighted by Gasteiger charge is 2.18.